The first-order valence-corrected chi connectivity index (χ1v) is 23.2. The molecule has 55 heavy (non-hydrogen) atoms. The minimum absolute atomic E-state index is 0.0119. The number of ether oxygens (including phenoxy) is 3. The second-order valence-corrected chi connectivity index (χ2v) is 22.9. The van der Waals surface area contributed by atoms with E-state index in [-0.39, 0.29) is 68.6 Å². The highest BCUT2D eigenvalue weighted by Crippen LogP contribution is 2.75. The third-order valence-corrected chi connectivity index (χ3v) is 20.4. The second-order valence-electron chi connectivity index (χ2n) is 22.9. The largest absolute Gasteiger partial charge is 0.459 e. The van der Waals surface area contributed by atoms with Gasteiger partial charge in [0.25, 0.3) is 0 Å². The van der Waals surface area contributed by atoms with Crippen LogP contribution in [0.4, 0.5) is 0 Å². The molecule has 7 heteroatoms. The lowest BCUT2D eigenvalue weighted by Crippen LogP contribution is -2.61. The van der Waals surface area contributed by atoms with Gasteiger partial charge in [0, 0.05) is 12.8 Å². The Morgan fingerprint density at radius 1 is 0.473 bits per heavy atom. The van der Waals surface area contributed by atoms with Crippen molar-refractivity contribution < 1.29 is 33.4 Å². The van der Waals surface area contributed by atoms with Gasteiger partial charge in [0.15, 0.2) is 0 Å². The Morgan fingerprint density at radius 2 is 0.873 bits per heavy atom. The molecule has 12 bridgehead atoms. The zero-order valence-electron chi connectivity index (χ0n) is 35.3. The Morgan fingerprint density at radius 3 is 1.29 bits per heavy atom. The van der Waals surface area contributed by atoms with Crippen molar-refractivity contribution in [2.24, 2.45) is 68.0 Å². The van der Waals surface area contributed by atoms with Crippen LogP contribution in [0.1, 0.15) is 196 Å². The Balaban J connectivity index is 1.02. The van der Waals surface area contributed by atoms with Gasteiger partial charge in [-0.15, -0.1) is 0 Å². The first-order chi connectivity index (χ1) is 26.0. The van der Waals surface area contributed by atoms with Crippen molar-refractivity contribution in [3.8, 4) is 0 Å². The molecule has 3 heterocycles. The average molecular weight is 761 g/mol. The number of fused-ring (bicyclic) bond motifs is 2. The molecule has 0 amide bonds. The first kappa shape index (κ1) is 38.6. The molecule has 14 atom stereocenters. The van der Waals surface area contributed by atoms with Crippen molar-refractivity contribution in [1.82, 2.24) is 0 Å². The topological polar surface area (TPSA) is 96.0 Å². The molecule has 8 aliphatic carbocycles. The SMILES string of the molecule is C[C@H]1C[C@@]23CC[C@H]4[C@@]5(C)CCC[C@@]4(C)C(=O)OC(=O)[C@]4(C)CCC[C@@]6(C)[C@@H]7CC[C@@]8(C[C@@]7(CC[C@@H]64)C[C@@H]8C)OC(=O)CCCCCCC(=O)O[C@@]1(CC[C@H]25)C3. The van der Waals surface area contributed by atoms with E-state index in [0.29, 0.717) is 36.5 Å². The predicted octanol–water partition coefficient (Wildman–Crippen LogP) is 10.8. The van der Waals surface area contributed by atoms with Gasteiger partial charge in [-0.25, -0.2) is 0 Å². The third kappa shape index (κ3) is 5.43. The summed E-state index contributed by atoms with van der Waals surface area (Å²) in [6.07, 6.45) is 22.1. The number of hydrogen-bond donors (Lipinski definition) is 0. The van der Waals surface area contributed by atoms with Crippen molar-refractivity contribution in [2.75, 3.05) is 0 Å². The number of hydrogen-bond acceptors (Lipinski definition) is 7. The van der Waals surface area contributed by atoms with E-state index in [1.54, 1.807) is 0 Å². The van der Waals surface area contributed by atoms with Crippen LogP contribution in [0, 0.1) is 68.0 Å². The highest BCUT2D eigenvalue weighted by atomic mass is 16.6. The maximum absolute atomic E-state index is 14.8. The Hall–Kier alpha value is -1.92. The summed E-state index contributed by atoms with van der Waals surface area (Å²) < 4.78 is 19.4. The summed E-state index contributed by atoms with van der Waals surface area (Å²) >= 11 is 0. The molecule has 11 aliphatic rings. The van der Waals surface area contributed by atoms with Crippen molar-refractivity contribution >= 4 is 23.9 Å². The monoisotopic (exact) mass is 761 g/mol. The van der Waals surface area contributed by atoms with E-state index in [0.717, 1.165) is 141 Å². The van der Waals surface area contributed by atoms with Crippen LogP contribution in [0.25, 0.3) is 0 Å². The second kappa shape index (κ2) is 12.8. The minimum Gasteiger partial charge on any atom is -0.459 e. The molecular formula is C48H72O7. The summed E-state index contributed by atoms with van der Waals surface area (Å²) in [6.45, 7) is 13.9. The van der Waals surface area contributed by atoms with Crippen LogP contribution in [0.5, 0.6) is 0 Å². The van der Waals surface area contributed by atoms with E-state index in [1.165, 1.54) is 0 Å². The lowest BCUT2D eigenvalue weighted by molar-refractivity contribution is -0.209. The van der Waals surface area contributed by atoms with Gasteiger partial charge >= 0.3 is 23.9 Å². The van der Waals surface area contributed by atoms with E-state index < -0.39 is 10.8 Å². The van der Waals surface area contributed by atoms with Crippen LogP contribution in [0.2, 0.25) is 0 Å². The smallest absolute Gasteiger partial charge is 0.319 e. The maximum atomic E-state index is 14.8. The van der Waals surface area contributed by atoms with Gasteiger partial charge in [-0.3, -0.25) is 19.2 Å². The van der Waals surface area contributed by atoms with E-state index in [1.807, 2.05) is 0 Å². The molecule has 0 N–H and O–H groups in total. The van der Waals surface area contributed by atoms with E-state index in [4.69, 9.17) is 14.2 Å². The van der Waals surface area contributed by atoms with Crippen LogP contribution in [0.3, 0.4) is 0 Å². The molecule has 3 saturated heterocycles. The van der Waals surface area contributed by atoms with E-state index >= 15 is 0 Å². The van der Waals surface area contributed by atoms with Crippen LogP contribution in [0.15, 0.2) is 0 Å². The van der Waals surface area contributed by atoms with Crippen LogP contribution < -0.4 is 0 Å². The normalized spacial score (nSPS) is 54.1. The molecule has 8 saturated carbocycles. The van der Waals surface area contributed by atoms with Crippen LogP contribution in [-0.4, -0.2) is 35.1 Å². The summed E-state index contributed by atoms with van der Waals surface area (Å²) in [5.41, 5.74) is -1.90. The fraction of sp³-hybridized carbons (Fsp3) is 0.917. The van der Waals surface area contributed by atoms with Gasteiger partial charge in [0.1, 0.15) is 11.2 Å². The lowest BCUT2D eigenvalue weighted by Gasteiger charge is -2.64. The number of carbonyl (C=O) groups is 4. The molecule has 4 spiro atoms. The summed E-state index contributed by atoms with van der Waals surface area (Å²) in [6, 6.07) is 0. The fourth-order valence-electron chi connectivity index (χ4n) is 18.1. The molecule has 11 fully saturated rings. The quantitative estimate of drug-likeness (QED) is 0.138. The zero-order chi connectivity index (χ0) is 38.9. The summed E-state index contributed by atoms with van der Waals surface area (Å²) in [5, 5.41) is 0. The van der Waals surface area contributed by atoms with Gasteiger partial charge in [0.2, 0.25) is 0 Å². The first-order valence-electron chi connectivity index (χ1n) is 23.2. The van der Waals surface area contributed by atoms with Crippen LogP contribution in [-0.2, 0) is 33.4 Å². The molecule has 306 valence electrons. The van der Waals surface area contributed by atoms with Gasteiger partial charge < -0.3 is 14.2 Å². The molecule has 7 nitrogen and oxygen atoms in total. The molecule has 0 aromatic heterocycles. The van der Waals surface area contributed by atoms with Gasteiger partial charge in [0.05, 0.1) is 10.8 Å². The van der Waals surface area contributed by atoms with Crippen molar-refractivity contribution in [3.63, 3.8) is 0 Å². The molecular weight excluding hydrogens is 689 g/mol. The van der Waals surface area contributed by atoms with Crippen molar-refractivity contribution in [1.29, 1.82) is 0 Å². The molecule has 0 unspecified atom stereocenters. The number of esters is 4. The molecule has 0 aromatic rings. The highest BCUT2D eigenvalue weighted by Gasteiger charge is 2.72. The predicted molar refractivity (Wildman–Crippen MR) is 209 cm³/mol. The molecule has 0 radical (unpaired) electrons. The van der Waals surface area contributed by atoms with Crippen molar-refractivity contribution in [2.45, 2.75) is 207 Å². The number of rotatable bonds is 0. The van der Waals surface area contributed by atoms with Gasteiger partial charge in [-0.1, -0.05) is 53.4 Å². The summed E-state index contributed by atoms with van der Waals surface area (Å²) in [7, 11) is 0. The maximum Gasteiger partial charge on any atom is 0.319 e. The Kier molecular flexibility index (Phi) is 8.97. The van der Waals surface area contributed by atoms with Gasteiger partial charge in [-0.2, -0.15) is 0 Å². The molecule has 11 rings (SSSR count). The standard InChI is InChI=1S/C48H72O7/c1-31-27-45-23-15-33-41(3)19-11-21-43(33,5)39(51)53-40(52)44(6)22-12-20-42(4)34(44)16-24-46-28-32(2)48(30-46,26-18-36(42)46)55-38(50)14-10-8-7-9-13-37(49)54-47(31,29-45)25-17-35(41)45/h31-36H,7-30H2,1-6H3/t31-,32-,33-,34-,35-,36-,41+,42+,43+,44+,45+,46+,47-,48-/m0/s1. The van der Waals surface area contributed by atoms with Crippen LogP contribution >= 0.6 is 0 Å². The Bertz CT molecular complexity index is 1510. The lowest BCUT2D eigenvalue weighted by atomic mass is 9.40. The summed E-state index contributed by atoms with van der Waals surface area (Å²) in [4.78, 5) is 56.4. The van der Waals surface area contributed by atoms with Crippen molar-refractivity contribution in [3.05, 3.63) is 0 Å². The van der Waals surface area contributed by atoms with Gasteiger partial charge in [-0.05, 0) is 187 Å². The van der Waals surface area contributed by atoms with E-state index in [2.05, 4.69) is 41.5 Å². The molecule has 0 aromatic carbocycles. The highest BCUT2D eigenvalue weighted by molar-refractivity contribution is 5.92. The number of carbonyl (C=O) groups excluding carboxylic acids is 4. The minimum atomic E-state index is -0.686. The third-order valence-electron chi connectivity index (χ3n) is 20.4. The van der Waals surface area contributed by atoms with E-state index in [9.17, 15) is 19.2 Å². The Labute approximate surface area is 331 Å². The summed E-state index contributed by atoms with van der Waals surface area (Å²) in [5.74, 6) is 1.30. The average Bonchev–Trinajstić information content (AvgIpc) is 3.44. The zero-order valence-corrected chi connectivity index (χ0v) is 35.3. The fourth-order valence-corrected chi connectivity index (χ4v) is 18.1. The molecule has 3 aliphatic heterocycles.